The first kappa shape index (κ1) is 19.3. The van der Waals surface area contributed by atoms with Crippen LogP contribution >= 0.6 is 0 Å². The van der Waals surface area contributed by atoms with Crippen molar-refractivity contribution in [2.45, 2.75) is 32.6 Å². The number of primary amides is 1. The van der Waals surface area contributed by atoms with Crippen molar-refractivity contribution in [2.75, 3.05) is 12.4 Å². The van der Waals surface area contributed by atoms with E-state index in [1.54, 1.807) is 24.3 Å². The van der Waals surface area contributed by atoms with Gasteiger partial charge in [0.1, 0.15) is 11.5 Å². The number of carbonyl (C=O) groups excluding carboxylic acids is 2. The maximum absolute atomic E-state index is 12.3. The van der Waals surface area contributed by atoms with E-state index in [1.807, 2.05) is 39.0 Å². The van der Waals surface area contributed by atoms with E-state index in [4.69, 9.17) is 15.2 Å². The average Bonchev–Trinajstić information content (AvgIpc) is 2.54. The highest BCUT2D eigenvalue weighted by Gasteiger charge is 2.21. The maximum atomic E-state index is 12.3. The zero-order chi connectivity index (χ0) is 19.3. The van der Waals surface area contributed by atoms with Gasteiger partial charge in [-0.05, 0) is 29.2 Å². The van der Waals surface area contributed by atoms with Crippen molar-refractivity contribution in [3.63, 3.8) is 0 Å². The summed E-state index contributed by atoms with van der Waals surface area (Å²) in [6.07, 6.45) is -0.638. The summed E-state index contributed by atoms with van der Waals surface area (Å²) in [5, 5.41) is 2.70. The van der Waals surface area contributed by atoms with Crippen LogP contribution in [0.4, 0.5) is 10.5 Å². The van der Waals surface area contributed by atoms with Crippen LogP contribution in [0.25, 0.3) is 0 Å². The van der Waals surface area contributed by atoms with Gasteiger partial charge >= 0.3 is 6.09 Å². The molecule has 2 aromatic rings. The molecule has 6 heteroatoms. The lowest BCUT2D eigenvalue weighted by Gasteiger charge is -2.23. The number of nitrogens with one attached hydrogen (secondary N) is 1. The van der Waals surface area contributed by atoms with Gasteiger partial charge in [-0.2, -0.15) is 0 Å². The van der Waals surface area contributed by atoms with Crippen LogP contribution in [0.2, 0.25) is 0 Å². The van der Waals surface area contributed by atoms with Crippen LogP contribution in [0, 0.1) is 0 Å². The molecule has 2 rings (SSSR count). The van der Waals surface area contributed by atoms with Crippen molar-refractivity contribution >= 4 is 17.7 Å². The third-order valence-corrected chi connectivity index (χ3v) is 3.79. The van der Waals surface area contributed by atoms with E-state index in [2.05, 4.69) is 5.32 Å². The number of amides is 2. The predicted molar refractivity (Wildman–Crippen MR) is 101 cm³/mol. The van der Waals surface area contributed by atoms with Gasteiger partial charge in [0.05, 0.1) is 19.2 Å². The van der Waals surface area contributed by atoms with Crippen molar-refractivity contribution < 1.29 is 19.1 Å². The van der Waals surface area contributed by atoms with Crippen LogP contribution in [0.3, 0.4) is 0 Å². The Morgan fingerprint density at radius 1 is 1.12 bits per heavy atom. The number of hydrogen-bond donors (Lipinski definition) is 2. The molecule has 0 heterocycles. The van der Waals surface area contributed by atoms with Crippen LogP contribution < -0.4 is 20.5 Å². The lowest BCUT2D eigenvalue weighted by molar-refractivity contribution is -0.117. The van der Waals surface area contributed by atoms with Crippen molar-refractivity contribution in [2.24, 2.45) is 5.73 Å². The number of rotatable bonds is 5. The van der Waals surface area contributed by atoms with E-state index in [0.29, 0.717) is 22.7 Å². The molecule has 6 nitrogen and oxygen atoms in total. The number of hydrogen-bond acceptors (Lipinski definition) is 4. The highest BCUT2D eigenvalue weighted by Crippen LogP contribution is 2.35. The van der Waals surface area contributed by atoms with Crippen LogP contribution in [0.1, 0.15) is 31.9 Å². The van der Waals surface area contributed by atoms with Gasteiger partial charge in [-0.1, -0.05) is 45.0 Å². The topological polar surface area (TPSA) is 90.6 Å². The molecule has 0 spiro atoms. The minimum atomic E-state index is -0.648. The minimum Gasteiger partial charge on any atom is -0.494 e. The van der Waals surface area contributed by atoms with Gasteiger partial charge in [-0.15, -0.1) is 0 Å². The highest BCUT2D eigenvalue weighted by molar-refractivity contribution is 5.89. The lowest BCUT2D eigenvalue weighted by atomic mass is 9.85. The van der Waals surface area contributed by atoms with Crippen molar-refractivity contribution in [1.82, 2.24) is 0 Å². The summed E-state index contributed by atoms with van der Waals surface area (Å²) in [5.74, 6) is 0.335. The van der Waals surface area contributed by atoms with E-state index >= 15 is 0 Å². The normalized spacial score (nSPS) is 10.9. The molecule has 0 aliphatic rings. The minimum absolute atomic E-state index is 0.00943. The van der Waals surface area contributed by atoms with Crippen LogP contribution in [-0.2, 0) is 16.6 Å². The van der Waals surface area contributed by atoms with Gasteiger partial charge in [0.25, 0.3) is 0 Å². The second-order valence-corrected chi connectivity index (χ2v) is 6.94. The molecule has 0 radical (unpaired) electrons. The fraction of sp³-hybridized carbons (Fsp3) is 0.300. The fourth-order valence-electron chi connectivity index (χ4n) is 2.51. The molecule has 0 atom stereocenters. The quantitative estimate of drug-likeness (QED) is 0.856. The number of para-hydroxylation sites is 1. The molecule has 0 aliphatic carbocycles. The first-order valence-electron chi connectivity index (χ1n) is 8.24. The summed E-state index contributed by atoms with van der Waals surface area (Å²) >= 11 is 0. The Hall–Kier alpha value is -3.02. The van der Waals surface area contributed by atoms with Crippen LogP contribution in [-0.4, -0.2) is 19.1 Å². The van der Waals surface area contributed by atoms with Gasteiger partial charge in [0.2, 0.25) is 5.91 Å². The number of anilines is 1. The monoisotopic (exact) mass is 356 g/mol. The fourth-order valence-corrected chi connectivity index (χ4v) is 2.51. The Morgan fingerprint density at radius 3 is 2.31 bits per heavy atom. The van der Waals surface area contributed by atoms with Crippen LogP contribution in [0.5, 0.6) is 11.5 Å². The Bertz CT molecular complexity index is 795. The molecule has 0 fully saturated rings. The summed E-state index contributed by atoms with van der Waals surface area (Å²) in [7, 11) is 1.48. The zero-order valence-corrected chi connectivity index (χ0v) is 15.5. The number of ether oxygens (including phenoxy) is 2. The zero-order valence-electron chi connectivity index (χ0n) is 15.5. The molecule has 0 bridgehead atoms. The second-order valence-electron chi connectivity index (χ2n) is 6.94. The van der Waals surface area contributed by atoms with Crippen molar-refractivity contribution in [3.05, 3.63) is 53.6 Å². The Balaban J connectivity index is 2.38. The molecule has 0 unspecified atom stereocenters. The number of methoxy groups -OCH3 is 1. The highest BCUT2D eigenvalue weighted by atomic mass is 16.6. The summed E-state index contributed by atoms with van der Waals surface area (Å²) in [6, 6.07) is 12.4. The molecule has 0 saturated heterocycles. The van der Waals surface area contributed by atoms with Gasteiger partial charge in [-0.25, -0.2) is 4.79 Å². The number of benzene rings is 2. The molecule has 0 aliphatic heterocycles. The Morgan fingerprint density at radius 2 is 1.77 bits per heavy atom. The summed E-state index contributed by atoms with van der Waals surface area (Å²) in [6.45, 7) is 6.11. The molecule has 0 aromatic heterocycles. The second kappa shape index (κ2) is 7.91. The first-order chi connectivity index (χ1) is 12.2. The summed E-state index contributed by atoms with van der Waals surface area (Å²) in [4.78, 5) is 23.7. The van der Waals surface area contributed by atoms with E-state index < -0.39 is 12.0 Å². The molecular formula is C20H24N2O4. The number of nitrogens with two attached hydrogens (primary N) is 1. The molecular weight excluding hydrogens is 332 g/mol. The van der Waals surface area contributed by atoms with Gasteiger partial charge in [0, 0.05) is 5.56 Å². The van der Waals surface area contributed by atoms with Gasteiger partial charge in [-0.3, -0.25) is 10.1 Å². The van der Waals surface area contributed by atoms with Crippen molar-refractivity contribution in [3.8, 4) is 11.5 Å². The maximum Gasteiger partial charge on any atom is 0.417 e. The standard InChI is InChI=1S/C20H24N2O4/c1-20(2,3)14-10-13(11-17(21)23)18(25-4)16(12-14)22-19(24)26-15-8-6-5-7-9-15/h5-10,12H,11H2,1-4H3,(H2,21,23)(H,22,24). The first-order valence-corrected chi connectivity index (χ1v) is 8.24. The van der Waals surface area contributed by atoms with Crippen molar-refractivity contribution in [1.29, 1.82) is 0 Å². The third kappa shape index (κ3) is 4.99. The van der Waals surface area contributed by atoms with E-state index in [1.165, 1.54) is 7.11 Å². The molecule has 3 N–H and O–H groups in total. The Labute approximate surface area is 153 Å². The molecule has 26 heavy (non-hydrogen) atoms. The van der Waals surface area contributed by atoms with E-state index in [-0.39, 0.29) is 11.8 Å². The van der Waals surface area contributed by atoms with Crippen LogP contribution in [0.15, 0.2) is 42.5 Å². The largest absolute Gasteiger partial charge is 0.494 e. The third-order valence-electron chi connectivity index (χ3n) is 3.79. The predicted octanol–water partition coefficient (Wildman–Crippen LogP) is 3.63. The average molecular weight is 356 g/mol. The van der Waals surface area contributed by atoms with E-state index in [0.717, 1.165) is 5.56 Å². The summed E-state index contributed by atoms with van der Waals surface area (Å²) in [5.41, 5.74) is 7.13. The molecule has 2 amide bonds. The smallest absolute Gasteiger partial charge is 0.417 e. The SMILES string of the molecule is COc1c(CC(N)=O)cc(C(C)(C)C)cc1NC(=O)Oc1ccccc1. The van der Waals surface area contributed by atoms with Gasteiger partial charge in [0.15, 0.2) is 0 Å². The van der Waals surface area contributed by atoms with E-state index in [9.17, 15) is 9.59 Å². The molecule has 138 valence electrons. The molecule has 0 saturated carbocycles. The Kier molecular flexibility index (Phi) is 5.87. The number of carbonyl (C=O) groups is 2. The summed E-state index contributed by atoms with van der Waals surface area (Å²) < 4.78 is 10.7. The molecule has 2 aromatic carbocycles. The van der Waals surface area contributed by atoms with Gasteiger partial charge < -0.3 is 15.2 Å². The lowest BCUT2D eigenvalue weighted by Crippen LogP contribution is -2.21.